The zero-order chi connectivity index (χ0) is 12.8. The number of rotatable bonds is 6. The lowest BCUT2D eigenvalue weighted by atomic mass is 10.1. The molecule has 1 aromatic carbocycles. The summed E-state index contributed by atoms with van der Waals surface area (Å²) in [5.74, 6) is 0.834. The third-order valence-electron chi connectivity index (χ3n) is 2.56. The average Bonchev–Trinajstić information content (AvgIpc) is 2.29. The van der Waals surface area contributed by atoms with E-state index in [4.69, 9.17) is 20.6 Å². The maximum absolute atomic E-state index is 7.40. The standard InChI is InChI=1S/C13H20N2O2/c1-9-4-5-11(13(14)15)8-12(9)17-10(2)6-7-16-3/h4-5,8,10H,6-7H2,1-3H3,(H3,14,15). The van der Waals surface area contributed by atoms with Gasteiger partial charge in [0.2, 0.25) is 0 Å². The van der Waals surface area contributed by atoms with Crippen molar-refractivity contribution in [3.63, 3.8) is 0 Å². The highest BCUT2D eigenvalue weighted by Gasteiger charge is 2.08. The quantitative estimate of drug-likeness (QED) is 0.587. The number of benzene rings is 1. The summed E-state index contributed by atoms with van der Waals surface area (Å²) in [6.07, 6.45) is 0.913. The van der Waals surface area contributed by atoms with Crippen molar-refractivity contribution < 1.29 is 9.47 Å². The van der Waals surface area contributed by atoms with Crippen LogP contribution in [0.1, 0.15) is 24.5 Å². The molecule has 1 aromatic rings. The number of ether oxygens (including phenoxy) is 2. The summed E-state index contributed by atoms with van der Waals surface area (Å²) < 4.78 is 10.8. The fourth-order valence-corrected chi connectivity index (χ4v) is 1.45. The van der Waals surface area contributed by atoms with Gasteiger partial charge < -0.3 is 15.2 Å². The van der Waals surface area contributed by atoms with Crippen molar-refractivity contribution in [1.82, 2.24) is 0 Å². The van der Waals surface area contributed by atoms with Crippen molar-refractivity contribution in [2.24, 2.45) is 5.73 Å². The topological polar surface area (TPSA) is 68.3 Å². The molecule has 0 bridgehead atoms. The molecule has 3 N–H and O–H groups in total. The summed E-state index contributed by atoms with van der Waals surface area (Å²) in [5, 5.41) is 7.40. The largest absolute Gasteiger partial charge is 0.490 e. The van der Waals surface area contributed by atoms with Crippen molar-refractivity contribution in [2.75, 3.05) is 13.7 Å². The van der Waals surface area contributed by atoms with E-state index < -0.39 is 0 Å². The molecule has 0 aliphatic rings. The minimum Gasteiger partial charge on any atom is -0.490 e. The molecule has 0 saturated carbocycles. The zero-order valence-corrected chi connectivity index (χ0v) is 10.6. The molecule has 0 amide bonds. The van der Waals surface area contributed by atoms with Gasteiger partial charge in [-0.15, -0.1) is 0 Å². The number of nitrogens with two attached hydrogens (primary N) is 1. The fraction of sp³-hybridized carbons (Fsp3) is 0.462. The Bertz CT molecular complexity index is 391. The highest BCUT2D eigenvalue weighted by Crippen LogP contribution is 2.21. The zero-order valence-electron chi connectivity index (χ0n) is 10.6. The number of hydrogen-bond donors (Lipinski definition) is 2. The molecule has 0 saturated heterocycles. The molecule has 4 heteroatoms. The van der Waals surface area contributed by atoms with E-state index in [-0.39, 0.29) is 11.9 Å². The van der Waals surface area contributed by atoms with Gasteiger partial charge in [0.1, 0.15) is 11.6 Å². The Hall–Kier alpha value is -1.55. The summed E-state index contributed by atoms with van der Waals surface area (Å²) in [7, 11) is 1.67. The van der Waals surface area contributed by atoms with Crippen LogP contribution in [-0.4, -0.2) is 25.7 Å². The number of amidine groups is 1. The number of nitrogen functional groups attached to an aromatic ring is 1. The highest BCUT2D eigenvalue weighted by molar-refractivity contribution is 5.95. The third-order valence-corrected chi connectivity index (χ3v) is 2.56. The summed E-state index contributed by atoms with van der Waals surface area (Å²) >= 11 is 0. The minimum atomic E-state index is 0.0550. The lowest BCUT2D eigenvalue weighted by molar-refractivity contribution is 0.135. The first-order chi connectivity index (χ1) is 8.04. The number of hydrogen-bond acceptors (Lipinski definition) is 3. The molecule has 1 unspecified atom stereocenters. The molecule has 17 heavy (non-hydrogen) atoms. The van der Waals surface area contributed by atoms with E-state index in [0.717, 1.165) is 17.7 Å². The van der Waals surface area contributed by atoms with Gasteiger partial charge in [0.05, 0.1) is 6.10 Å². The van der Waals surface area contributed by atoms with E-state index in [1.54, 1.807) is 13.2 Å². The maximum Gasteiger partial charge on any atom is 0.123 e. The Morgan fingerprint density at radius 3 is 2.76 bits per heavy atom. The molecule has 0 fully saturated rings. The number of nitrogens with one attached hydrogen (secondary N) is 1. The van der Waals surface area contributed by atoms with Gasteiger partial charge in [-0.2, -0.15) is 0 Å². The first kappa shape index (κ1) is 13.5. The molecule has 1 atom stereocenters. The summed E-state index contributed by atoms with van der Waals surface area (Å²) in [4.78, 5) is 0. The first-order valence-corrected chi connectivity index (χ1v) is 5.65. The van der Waals surface area contributed by atoms with Crippen LogP contribution in [0.4, 0.5) is 0 Å². The smallest absolute Gasteiger partial charge is 0.123 e. The summed E-state index contributed by atoms with van der Waals surface area (Å²) in [6, 6.07) is 5.54. The average molecular weight is 236 g/mol. The van der Waals surface area contributed by atoms with Gasteiger partial charge in [-0.3, -0.25) is 5.41 Å². The Balaban J connectivity index is 2.75. The lowest BCUT2D eigenvalue weighted by Crippen LogP contribution is -2.16. The molecule has 94 valence electrons. The number of aryl methyl sites for hydroxylation is 1. The predicted molar refractivity (Wildman–Crippen MR) is 68.8 cm³/mol. The third kappa shape index (κ3) is 4.07. The van der Waals surface area contributed by atoms with E-state index in [1.807, 2.05) is 26.0 Å². The SMILES string of the molecule is COCCC(C)Oc1cc(C(=N)N)ccc1C. The Morgan fingerprint density at radius 1 is 1.47 bits per heavy atom. The van der Waals surface area contributed by atoms with Crippen LogP contribution < -0.4 is 10.5 Å². The summed E-state index contributed by atoms with van der Waals surface area (Å²) in [6.45, 7) is 4.65. The van der Waals surface area contributed by atoms with Gasteiger partial charge in [0.25, 0.3) is 0 Å². The van der Waals surface area contributed by atoms with Crippen LogP contribution in [0.5, 0.6) is 5.75 Å². The van der Waals surface area contributed by atoms with E-state index in [9.17, 15) is 0 Å². The molecular weight excluding hydrogens is 216 g/mol. The van der Waals surface area contributed by atoms with Crippen LogP contribution in [0.15, 0.2) is 18.2 Å². The van der Waals surface area contributed by atoms with Crippen LogP contribution in [-0.2, 0) is 4.74 Å². The monoisotopic (exact) mass is 236 g/mol. The molecule has 4 nitrogen and oxygen atoms in total. The second-order valence-corrected chi connectivity index (χ2v) is 4.10. The number of methoxy groups -OCH3 is 1. The first-order valence-electron chi connectivity index (χ1n) is 5.65. The Kier molecular flexibility index (Phi) is 4.97. The molecular formula is C13H20N2O2. The van der Waals surface area contributed by atoms with Crippen molar-refractivity contribution in [2.45, 2.75) is 26.4 Å². The molecule has 0 heterocycles. The summed E-state index contributed by atoms with van der Waals surface area (Å²) in [5.41, 5.74) is 7.18. The predicted octanol–water partition coefficient (Wildman–Crippen LogP) is 2.08. The molecule has 0 aliphatic carbocycles. The van der Waals surface area contributed by atoms with Crippen molar-refractivity contribution >= 4 is 5.84 Å². The molecule has 0 aliphatic heterocycles. The van der Waals surface area contributed by atoms with E-state index >= 15 is 0 Å². The van der Waals surface area contributed by atoms with Crippen molar-refractivity contribution in [3.05, 3.63) is 29.3 Å². The van der Waals surface area contributed by atoms with Crippen LogP contribution in [0.25, 0.3) is 0 Å². The van der Waals surface area contributed by atoms with Crippen LogP contribution in [0, 0.1) is 12.3 Å². The van der Waals surface area contributed by atoms with Crippen molar-refractivity contribution in [3.8, 4) is 5.75 Å². The molecule has 1 rings (SSSR count). The second kappa shape index (κ2) is 6.25. The molecule has 0 aromatic heterocycles. The van der Waals surface area contributed by atoms with Gasteiger partial charge >= 0.3 is 0 Å². The highest BCUT2D eigenvalue weighted by atomic mass is 16.5. The van der Waals surface area contributed by atoms with Crippen LogP contribution in [0.2, 0.25) is 0 Å². The Labute approximate surface area is 102 Å². The lowest BCUT2D eigenvalue weighted by Gasteiger charge is -2.16. The van der Waals surface area contributed by atoms with E-state index in [0.29, 0.717) is 12.2 Å². The minimum absolute atomic E-state index is 0.0550. The van der Waals surface area contributed by atoms with Gasteiger partial charge in [0.15, 0.2) is 0 Å². The van der Waals surface area contributed by atoms with Gasteiger partial charge in [-0.25, -0.2) is 0 Å². The normalized spacial score (nSPS) is 12.2. The van der Waals surface area contributed by atoms with Crippen LogP contribution in [0.3, 0.4) is 0 Å². The molecule has 0 spiro atoms. The molecule has 0 radical (unpaired) electrons. The fourth-order valence-electron chi connectivity index (χ4n) is 1.45. The Morgan fingerprint density at radius 2 is 2.18 bits per heavy atom. The second-order valence-electron chi connectivity index (χ2n) is 4.10. The van der Waals surface area contributed by atoms with E-state index in [2.05, 4.69) is 0 Å². The van der Waals surface area contributed by atoms with E-state index in [1.165, 1.54) is 0 Å². The van der Waals surface area contributed by atoms with Gasteiger partial charge in [0, 0.05) is 25.7 Å². The van der Waals surface area contributed by atoms with Crippen molar-refractivity contribution in [1.29, 1.82) is 5.41 Å². The van der Waals surface area contributed by atoms with Gasteiger partial charge in [-0.05, 0) is 25.5 Å². The van der Waals surface area contributed by atoms with Gasteiger partial charge in [-0.1, -0.05) is 12.1 Å². The maximum atomic E-state index is 7.40. The van der Waals surface area contributed by atoms with Crippen LogP contribution >= 0.6 is 0 Å².